The smallest absolute Gasteiger partial charge is 0.319 e. The number of carbonyl (C=O) groups is 1. The molecular formula is C21H30N6O. The fourth-order valence-electron chi connectivity index (χ4n) is 3.49. The lowest BCUT2D eigenvalue weighted by Gasteiger charge is -2.25. The molecule has 2 N–H and O–H groups in total. The molecule has 7 nitrogen and oxygen atoms in total. The number of hydrogen-bond acceptors (Lipinski definition) is 5. The first kappa shape index (κ1) is 20.1. The van der Waals surface area contributed by atoms with E-state index in [1.807, 2.05) is 45.3 Å². The molecule has 3 rings (SSSR count). The van der Waals surface area contributed by atoms with Crippen molar-refractivity contribution in [3.8, 4) is 0 Å². The molecule has 0 spiro atoms. The average Bonchev–Trinajstić information content (AvgIpc) is 3.06. The Hall–Kier alpha value is -2.67. The van der Waals surface area contributed by atoms with Crippen molar-refractivity contribution in [2.75, 3.05) is 37.4 Å². The zero-order valence-corrected chi connectivity index (χ0v) is 17.3. The molecule has 1 aliphatic rings. The number of hydrogen-bond donors (Lipinski definition) is 2. The van der Waals surface area contributed by atoms with Crippen molar-refractivity contribution in [3.63, 3.8) is 0 Å². The van der Waals surface area contributed by atoms with Gasteiger partial charge in [-0.2, -0.15) is 5.10 Å². The lowest BCUT2D eigenvalue weighted by atomic mass is 10.0. The number of rotatable bonds is 5. The highest BCUT2D eigenvalue weighted by Gasteiger charge is 2.36. The Bertz CT molecular complexity index is 788. The van der Waals surface area contributed by atoms with E-state index in [0.29, 0.717) is 12.5 Å². The van der Waals surface area contributed by atoms with Crippen molar-refractivity contribution < 1.29 is 4.79 Å². The summed E-state index contributed by atoms with van der Waals surface area (Å²) in [5, 5.41) is 14.5. The third-order valence-corrected chi connectivity index (χ3v) is 5.21. The number of urea groups is 1. The predicted octanol–water partition coefficient (Wildman–Crippen LogP) is 2.85. The van der Waals surface area contributed by atoms with Gasteiger partial charge in [-0.1, -0.05) is 26.0 Å². The molecule has 0 bridgehead atoms. The fraction of sp³-hybridized carbons (Fsp3) is 0.476. The molecule has 0 radical (unpaired) electrons. The zero-order valence-electron chi connectivity index (χ0n) is 17.3. The number of nitrogens with zero attached hydrogens (tertiary/aromatic N) is 4. The molecule has 2 heterocycles. The molecule has 1 aromatic carbocycles. The van der Waals surface area contributed by atoms with E-state index in [0.717, 1.165) is 23.7 Å². The largest absolute Gasteiger partial charge is 0.351 e. The molecule has 150 valence electrons. The summed E-state index contributed by atoms with van der Waals surface area (Å²) in [6.45, 7) is 7.71. The Balaban J connectivity index is 1.63. The standard InChI is InChI=1S/C21H30N6O/c1-14(2)16-7-9-17(10-8-16)22-21(28)23-18-12-27(13-19(18)26(4)5)20-11-6-15(3)24-25-20/h6-11,14,18-19H,12-13H2,1-5H3,(H2,22,23,28)/t18-,19-/m0/s1. The second-order valence-electron chi connectivity index (χ2n) is 7.95. The van der Waals surface area contributed by atoms with Gasteiger partial charge in [-0.15, -0.1) is 5.10 Å². The molecule has 1 saturated heterocycles. The van der Waals surface area contributed by atoms with E-state index in [1.54, 1.807) is 0 Å². The van der Waals surface area contributed by atoms with Crippen LogP contribution in [0.3, 0.4) is 0 Å². The summed E-state index contributed by atoms with van der Waals surface area (Å²) in [6, 6.07) is 11.9. The minimum absolute atomic E-state index is 0.00644. The van der Waals surface area contributed by atoms with E-state index in [1.165, 1.54) is 5.56 Å². The first-order valence-electron chi connectivity index (χ1n) is 9.72. The molecule has 1 aliphatic heterocycles. The van der Waals surface area contributed by atoms with Gasteiger partial charge in [-0.05, 0) is 56.8 Å². The molecule has 0 aliphatic carbocycles. The quantitative estimate of drug-likeness (QED) is 0.832. The summed E-state index contributed by atoms with van der Waals surface area (Å²) >= 11 is 0. The summed E-state index contributed by atoms with van der Waals surface area (Å²) in [6.07, 6.45) is 0. The van der Waals surface area contributed by atoms with Crippen LogP contribution in [0.4, 0.5) is 16.3 Å². The molecule has 7 heteroatoms. The number of benzene rings is 1. The van der Waals surface area contributed by atoms with Gasteiger partial charge in [0.2, 0.25) is 0 Å². The van der Waals surface area contributed by atoms with Crippen LogP contribution < -0.4 is 15.5 Å². The number of likely N-dealkylation sites (N-methyl/N-ethyl adjacent to an activating group) is 1. The van der Waals surface area contributed by atoms with Gasteiger partial charge in [-0.25, -0.2) is 4.79 Å². The number of nitrogens with one attached hydrogen (secondary N) is 2. The highest BCUT2D eigenvalue weighted by Crippen LogP contribution is 2.21. The summed E-state index contributed by atoms with van der Waals surface area (Å²) in [7, 11) is 4.07. The van der Waals surface area contributed by atoms with Crippen LogP contribution in [0.5, 0.6) is 0 Å². The second-order valence-corrected chi connectivity index (χ2v) is 7.95. The summed E-state index contributed by atoms with van der Waals surface area (Å²) in [5.41, 5.74) is 2.94. The average molecular weight is 383 g/mol. The van der Waals surface area contributed by atoms with Crippen LogP contribution in [0, 0.1) is 6.92 Å². The fourth-order valence-corrected chi connectivity index (χ4v) is 3.49. The van der Waals surface area contributed by atoms with E-state index in [-0.39, 0.29) is 18.1 Å². The zero-order chi connectivity index (χ0) is 20.3. The lowest BCUT2D eigenvalue weighted by molar-refractivity contribution is 0.235. The second kappa shape index (κ2) is 8.56. The van der Waals surface area contributed by atoms with Gasteiger partial charge in [0.25, 0.3) is 0 Å². The van der Waals surface area contributed by atoms with E-state index < -0.39 is 0 Å². The number of amides is 2. The molecule has 2 atom stereocenters. The maximum atomic E-state index is 12.6. The highest BCUT2D eigenvalue weighted by atomic mass is 16.2. The van der Waals surface area contributed by atoms with E-state index in [4.69, 9.17) is 0 Å². The highest BCUT2D eigenvalue weighted by molar-refractivity contribution is 5.89. The van der Waals surface area contributed by atoms with Crippen LogP contribution in [-0.4, -0.2) is 60.4 Å². The molecule has 2 amide bonds. The summed E-state index contributed by atoms with van der Waals surface area (Å²) < 4.78 is 0. The van der Waals surface area contributed by atoms with Gasteiger partial charge in [-0.3, -0.25) is 0 Å². The molecular weight excluding hydrogens is 352 g/mol. The maximum Gasteiger partial charge on any atom is 0.319 e. The van der Waals surface area contributed by atoms with Crippen molar-refractivity contribution in [1.82, 2.24) is 20.4 Å². The molecule has 1 fully saturated rings. The van der Waals surface area contributed by atoms with Gasteiger partial charge in [0.1, 0.15) is 0 Å². The first-order valence-corrected chi connectivity index (χ1v) is 9.72. The molecule has 2 aromatic rings. The number of anilines is 2. The lowest BCUT2D eigenvalue weighted by Crippen LogP contribution is -2.49. The summed E-state index contributed by atoms with van der Waals surface area (Å²) in [5.74, 6) is 1.31. The van der Waals surface area contributed by atoms with Crippen molar-refractivity contribution in [2.24, 2.45) is 0 Å². The Labute approximate surface area is 167 Å². The normalized spacial score (nSPS) is 19.3. The minimum atomic E-state index is -0.189. The van der Waals surface area contributed by atoms with E-state index in [2.05, 4.69) is 56.6 Å². The van der Waals surface area contributed by atoms with Crippen LogP contribution in [0.25, 0.3) is 0 Å². The summed E-state index contributed by atoms with van der Waals surface area (Å²) in [4.78, 5) is 16.9. The first-order chi connectivity index (χ1) is 13.3. The van der Waals surface area contributed by atoms with Crippen molar-refractivity contribution >= 4 is 17.5 Å². The molecule has 28 heavy (non-hydrogen) atoms. The van der Waals surface area contributed by atoms with Crippen molar-refractivity contribution in [3.05, 3.63) is 47.7 Å². The third kappa shape index (κ3) is 4.78. The molecule has 0 unspecified atom stereocenters. The SMILES string of the molecule is Cc1ccc(N2C[C@H](NC(=O)Nc3ccc(C(C)C)cc3)[C@@H](N(C)C)C2)nn1. The van der Waals surface area contributed by atoms with Crippen molar-refractivity contribution in [1.29, 1.82) is 0 Å². The van der Waals surface area contributed by atoms with Crippen LogP contribution in [0.2, 0.25) is 0 Å². The van der Waals surface area contributed by atoms with Gasteiger partial charge in [0, 0.05) is 24.8 Å². The molecule has 1 aromatic heterocycles. The van der Waals surface area contributed by atoms with Gasteiger partial charge in [0.15, 0.2) is 5.82 Å². The minimum Gasteiger partial charge on any atom is -0.351 e. The number of carbonyl (C=O) groups excluding carboxylic acids is 1. The Morgan fingerprint density at radius 2 is 1.82 bits per heavy atom. The predicted molar refractivity (Wildman–Crippen MR) is 113 cm³/mol. The Kier molecular flexibility index (Phi) is 6.14. The van der Waals surface area contributed by atoms with Crippen LogP contribution in [0.1, 0.15) is 31.0 Å². The van der Waals surface area contributed by atoms with Crippen molar-refractivity contribution in [2.45, 2.75) is 38.8 Å². The van der Waals surface area contributed by atoms with Gasteiger partial charge < -0.3 is 20.4 Å². The number of aryl methyl sites for hydroxylation is 1. The van der Waals surface area contributed by atoms with Crippen LogP contribution >= 0.6 is 0 Å². The van der Waals surface area contributed by atoms with Crippen LogP contribution in [-0.2, 0) is 0 Å². The topological polar surface area (TPSA) is 73.4 Å². The maximum absolute atomic E-state index is 12.6. The third-order valence-electron chi connectivity index (χ3n) is 5.21. The van der Waals surface area contributed by atoms with Gasteiger partial charge in [0.05, 0.1) is 11.7 Å². The van der Waals surface area contributed by atoms with Gasteiger partial charge >= 0.3 is 6.03 Å². The monoisotopic (exact) mass is 382 g/mol. The molecule has 0 saturated carbocycles. The van der Waals surface area contributed by atoms with E-state index >= 15 is 0 Å². The Morgan fingerprint density at radius 3 is 2.39 bits per heavy atom. The Morgan fingerprint density at radius 1 is 1.11 bits per heavy atom. The van der Waals surface area contributed by atoms with Crippen LogP contribution in [0.15, 0.2) is 36.4 Å². The number of aromatic nitrogens is 2. The van der Waals surface area contributed by atoms with E-state index in [9.17, 15) is 4.79 Å².